The number of amides is 1. The van der Waals surface area contributed by atoms with Gasteiger partial charge in [0.05, 0.1) is 23.6 Å². The summed E-state index contributed by atoms with van der Waals surface area (Å²) in [5.41, 5.74) is -0.0772. The van der Waals surface area contributed by atoms with Gasteiger partial charge in [-0.3, -0.25) is 9.78 Å². The first kappa shape index (κ1) is 19.8. The lowest BCUT2D eigenvalue weighted by Crippen LogP contribution is -2.39. The van der Waals surface area contributed by atoms with Crippen molar-refractivity contribution in [1.29, 1.82) is 0 Å². The van der Waals surface area contributed by atoms with E-state index < -0.39 is 34.3 Å². The van der Waals surface area contributed by atoms with E-state index in [1.165, 1.54) is 12.3 Å². The number of pyridine rings is 1. The highest BCUT2D eigenvalue weighted by Gasteiger charge is 2.47. The largest absolute Gasteiger partial charge is 0.373 e. The average molecular weight is 419 g/mol. The fourth-order valence-electron chi connectivity index (χ4n) is 3.37. The Balaban J connectivity index is 1.69. The smallest absolute Gasteiger partial charge is 0.272 e. The summed E-state index contributed by atoms with van der Waals surface area (Å²) in [5.74, 6) is -2.38. The predicted molar refractivity (Wildman–Crippen MR) is 104 cm³/mol. The van der Waals surface area contributed by atoms with E-state index in [1.54, 1.807) is 18.3 Å². The highest BCUT2D eigenvalue weighted by molar-refractivity contribution is 8.04. The van der Waals surface area contributed by atoms with Crippen LogP contribution in [-0.2, 0) is 14.6 Å². The minimum absolute atomic E-state index is 0.0240. The molecule has 1 fully saturated rings. The van der Waals surface area contributed by atoms with E-state index in [0.29, 0.717) is 23.6 Å². The van der Waals surface area contributed by atoms with Crippen molar-refractivity contribution in [2.24, 2.45) is 0 Å². The topological polar surface area (TPSA) is 83.5 Å². The van der Waals surface area contributed by atoms with Crippen LogP contribution in [0.5, 0.6) is 0 Å². The Kier molecular flexibility index (Phi) is 5.53. The second-order valence-electron chi connectivity index (χ2n) is 6.76. The maximum atomic E-state index is 14.4. The lowest BCUT2D eigenvalue weighted by Gasteiger charge is -2.26. The maximum absolute atomic E-state index is 14.4. The van der Waals surface area contributed by atoms with Crippen molar-refractivity contribution < 1.29 is 23.4 Å². The summed E-state index contributed by atoms with van der Waals surface area (Å²) in [6.45, 7) is 0.513. The Labute approximate surface area is 170 Å². The molecule has 3 N–H and O–H groups in total. The summed E-state index contributed by atoms with van der Waals surface area (Å²) in [7, 11) is 0. The maximum Gasteiger partial charge on any atom is 0.272 e. The molecule has 1 aromatic carbocycles. The molecule has 2 aliphatic rings. The fourth-order valence-corrected chi connectivity index (χ4v) is 4.71. The predicted octanol–water partition coefficient (Wildman–Crippen LogP) is 3.22. The number of nitrogens with zero attached hydrogens (tertiary/aromatic N) is 1. The van der Waals surface area contributed by atoms with Crippen molar-refractivity contribution in [2.45, 2.75) is 30.4 Å². The molecule has 29 heavy (non-hydrogen) atoms. The third kappa shape index (κ3) is 3.98. The van der Waals surface area contributed by atoms with Crippen LogP contribution in [-0.4, -0.2) is 28.7 Å². The van der Waals surface area contributed by atoms with Gasteiger partial charge in [-0.2, -0.15) is 0 Å². The zero-order valence-electron chi connectivity index (χ0n) is 15.3. The van der Waals surface area contributed by atoms with Crippen LogP contribution in [0.3, 0.4) is 0 Å². The summed E-state index contributed by atoms with van der Waals surface area (Å²) in [6, 6.07) is 6.65. The molecular weight excluding hydrogens is 400 g/mol. The van der Waals surface area contributed by atoms with Crippen LogP contribution < -0.4 is 10.6 Å². The Morgan fingerprint density at radius 3 is 2.72 bits per heavy atom. The van der Waals surface area contributed by atoms with Gasteiger partial charge >= 0.3 is 0 Å². The first-order valence-corrected chi connectivity index (χ1v) is 10.0. The molecule has 3 heterocycles. The number of hydrogen-bond acceptors (Lipinski definition) is 6. The van der Waals surface area contributed by atoms with Gasteiger partial charge < -0.3 is 20.5 Å². The summed E-state index contributed by atoms with van der Waals surface area (Å²) >= 11 is 0.791. The summed E-state index contributed by atoms with van der Waals surface area (Å²) in [5, 5.41) is 14.2. The van der Waals surface area contributed by atoms with E-state index in [0.717, 1.165) is 36.7 Å². The quantitative estimate of drug-likeness (QED) is 0.706. The first-order chi connectivity index (χ1) is 14.0. The summed E-state index contributed by atoms with van der Waals surface area (Å²) in [4.78, 5) is 17.3. The third-order valence-corrected chi connectivity index (χ3v) is 6.01. The van der Waals surface area contributed by atoms with Crippen LogP contribution in [0.1, 0.15) is 24.8 Å². The molecule has 2 aliphatic heterocycles. The SMILES string of the molecule is O=C(Nc1cccnc1)C1=C(C2CCCCO2)SC(O)(c2c(F)cccc2F)N1. The molecule has 6 nitrogen and oxygen atoms in total. The van der Waals surface area contributed by atoms with E-state index in [-0.39, 0.29) is 5.70 Å². The molecule has 1 aromatic heterocycles. The Morgan fingerprint density at radius 1 is 1.28 bits per heavy atom. The number of aromatic nitrogens is 1. The highest BCUT2D eigenvalue weighted by atomic mass is 32.2. The van der Waals surface area contributed by atoms with Crippen molar-refractivity contribution in [2.75, 3.05) is 11.9 Å². The van der Waals surface area contributed by atoms with Crippen LogP contribution >= 0.6 is 11.8 Å². The molecule has 0 saturated carbocycles. The number of thioether (sulfide) groups is 1. The second-order valence-corrected chi connectivity index (χ2v) is 7.99. The zero-order valence-corrected chi connectivity index (χ0v) is 16.1. The Morgan fingerprint density at radius 2 is 2.07 bits per heavy atom. The normalized spacial score (nSPS) is 24.3. The number of ether oxygens (including phenoxy) is 1. The molecule has 2 atom stereocenters. The zero-order chi connectivity index (χ0) is 20.4. The molecular formula is C20H19F2N3O3S. The molecule has 9 heteroatoms. The Bertz CT molecular complexity index is 931. The van der Waals surface area contributed by atoms with Gasteiger partial charge in [-0.05, 0) is 43.5 Å². The van der Waals surface area contributed by atoms with Gasteiger partial charge in [-0.25, -0.2) is 8.78 Å². The van der Waals surface area contributed by atoms with Gasteiger partial charge in [0.25, 0.3) is 5.91 Å². The monoisotopic (exact) mass is 419 g/mol. The van der Waals surface area contributed by atoms with E-state index in [2.05, 4.69) is 15.6 Å². The number of halogens is 2. The molecule has 4 rings (SSSR count). The summed E-state index contributed by atoms with van der Waals surface area (Å²) in [6.07, 6.45) is 5.02. The van der Waals surface area contributed by atoms with Gasteiger partial charge in [-0.15, -0.1) is 0 Å². The van der Waals surface area contributed by atoms with E-state index in [4.69, 9.17) is 4.74 Å². The van der Waals surface area contributed by atoms with Gasteiger partial charge in [0.15, 0.2) is 0 Å². The number of carbonyl (C=O) groups is 1. The lowest BCUT2D eigenvalue weighted by atomic mass is 10.1. The molecule has 1 amide bonds. The van der Waals surface area contributed by atoms with E-state index in [9.17, 15) is 18.7 Å². The van der Waals surface area contributed by atoms with Crippen molar-refractivity contribution in [1.82, 2.24) is 10.3 Å². The third-order valence-electron chi connectivity index (χ3n) is 4.72. The second kappa shape index (κ2) is 8.10. The number of aliphatic hydroxyl groups is 1. The number of carbonyl (C=O) groups excluding carboxylic acids is 1. The van der Waals surface area contributed by atoms with E-state index in [1.807, 2.05) is 0 Å². The number of anilines is 1. The van der Waals surface area contributed by atoms with Gasteiger partial charge in [0.2, 0.25) is 5.06 Å². The minimum atomic E-state index is -2.17. The van der Waals surface area contributed by atoms with Gasteiger partial charge in [0.1, 0.15) is 17.3 Å². The molecule has 0 radical (unpaired) electrons. The number of rotatable bonds is 4. The molecule has 0 aliphatic carbocycles. The van der Waals surface area contributed by atoms with Crippen LogP contribution in [0, 0.1) is 11.6 Å². The molecule has 0 bridgehead atoms. The van der Waals surface area contributed by atoms with Crippen LogP contribution in [0.15, 0.2) is 53.3 Å². The number of benzene rings is 1. The van der Waals surface area contributed by atoms with Gasteiger partial charge in [0, 0.05) is 17.7 Å². The van der Waals surface area contributed by atoms with Crippen LogP contribution in [0.4, 0.5) is 14.5 Å². The van der Waals surface area contributed by atoms with Crippen molar-refractivity contribution in [3.05, 3.63) is 70.5 Å². The van der Waals surface area contributed by atoms with Crippen molar-refractivity contribution >= 4 is 23.4 Å². The standard InChI is InChI=1S/C20H19F2N3O3S/c21-13-6-3-7-14(22)16(13)20(27)25-17(18(29-20)15-8-1-2-10-28-15)19(26)24-12-5-4-9-23-11-12/h3-7,9,11,15,25,27H,1-2,8,10H2,(H,24,26). The number of hydrogen-bond donors (Lipinski definition) is 3. The Hall–Kier alpha value is -2.49. The molecule has 0 spiro atoms. The number of nitrogens with one attached hydrogen (secondary N) is 2. The fraction of sp³-hybridized carbons (Fsp3) is 0.300. The first-order valence-electron chi connectivity index (χ1n) is 9.19. The molecule has 152 valence electrons. The van der Waals surface area contributed by atoms with Crippen LogP contribution in [0.2, 0.25) is 0 Å². The lowest BCUT2D eigenvalue weighted by molar-refractivity contribution is -0.113. The minimum Gasteiger partial charge on any atom is -0.373 e. The average Bonchev–Trinajstić information content (AvgIpc) is 3.08. The van der Waals surface area contributed by atoms with Gasteiger partial charge in [-0.1, -0.05) is 17.8 Å². The molecule has 1 saturated heterocycles. The van der Waals surface area contributed by atoms with Crippen molar-refractivity contribution in [3.63, 3.8) is 0 Å². The molecule has 2 aromatic rings. The molecule has 2 unspecified atom stereocenters. The van der Waals surface area contributed by atoms with E-state index >= 15 is 0 Å². The van der Waals surface area contributed by atoms with Crippen LogP contribution in [0.25, 0.3) is 0 Å². The highest BCUT2D eigenvalue weighted by Crippen LogP contribution is 2.48. The van der Waals surface area contributed by atoms with Crippen molar-refractivity contribution in [3.8, 4) is 0 Å². The summed E-state index contributed by atoms with van der Waals surface area (Å²) < 4.78 is 34.5.